The second-order valence-corrected chi connectivity index (χ2v) is 2.55. The van der Waals surface area contributed by atoms with Gasteiger partial charge in [0.25, 0.3) is 0 Å². The maximum atomic E-state index is 10.8. The van der Waals surface area contributed by atoms with Crippen molar-refractivity contribution in [2.24, 2.45) is 5.90 Å². The first kappa shape index (κ1) is 8.83. The standard InChI is InChI=1S/C7H7ClN2O2/c8-5-2-1-4(3-6(5)9)7(11)12-10/h1-3H,9-10H2. The highest BCUT2D eigenvalue weighted by atomic mass is 35.5. The van der Waals surface area contributed by atoms with Gasteiger partial charge >= 0.3 is 5.97 Å². The molecule has 1 aromatic rings. The van der Waals surface area contributed by atoms with Crippen molar-refractivity contribution in [1.82, 2.24) is 0 Å². The van der Waals surface area contributed by atoms with Crippen LogP contribution in [-0.4, -0.2) is 5.97 Å². The second kappa shape index (κ2) is 3.42. The van der Waals surface area contributed by atoms with E-state index in [0.717, 1.165) is 0 Å². The fourth-order valence-corrected chi connectivity index (χ4v) is 0.856. The van der Waals surface area contributed by atoms with Gasteiger partial charge in [0, 0.05) is 0 Å². The predicted octanol–water partition coefficient (Wildman–Crippen LogP) is 0.953. The Balaban J connectivity index is 3.05. The first-order valence-electron chi connectivity index (χ1n) is 3.11. The lowest BCUT2D eigenvalue weighted by Gasteiger charge is -2.00. The number of nitrogens with two attached hydrogens (primary N) is 2. The van der Waals surface area contributed by atoms with Gasteiger partial charge in [0.1, 0.15) is 0 Å². The fourth-order valence-electron chi connectivity index (χ4n) is 0.739. The molecular weight excluding hydrogens is 180 g/mol. The Labute approximate surface area is 74.0 Å². The molecule has 4 nitrogen and oxygen atoms in total. The molecule has 0 aliphatic heterocycles. The third-order valence-electron chi connectivity index (χ3n) is 1.34. The molecule has 1 rings (SSSR count). The van der Waals surface area contributed by atoms with Crippen LogP contribution in [0.25, 0.3) is 0 Å². The average Bonchev–Trinajstić information content (AvgIpc) is 2.08. The number of hydrogen-bond donors (Lipinski definition) is 2. The predicted molar refractivity (Wildman–Crippen MR) is 45.5 cm³/mol. The van der Waals surface area contributed by atoms with Crippen molar-refractivity contribution in [3.8, 4) is 0 Å². The topological polar surface area (TPSA) is 78.3 Å². The summed E-state index contributed by atoms with van der Waals surface area (Å²) in [4.78, 5) is 14.8. The van der Waals surface area contributed by atoms with Crippen LogP contribution < -0.4 is 11.6 Å². The minimum atomic E-state index is -0.640. The van der Waals surface area contributed by atoms with Gasteiger partial charge in [-0.05, 0) is 18.2 Å². The number of carbonyl (C=O) groups excluding carboxylic acids is 1. The van der Waals surface area contributed by atoms with Gasteiger partial charge in [-0.3, -0.25) is 0 Å². The summed E-state index contributed by atoms with van der Waals surface area (Å²) in [6.45, 7) is 0. The first-order valence-corrected chi connectivity index (χ1v) is 3.49. The van der Waals surface area contributed by atoms with Crippen molar-refractivity contribution in [2.45, 2.75) is 0 Å². The van der Waals surface area contributed by atoms with Gasteiger partial charge in [-0.15, -0.1) is 0 Å². The number of carbonyl (C=O) groups is 1. The maximum absolute atomic E-state index is 10.8. The molecule has 0 aliphatic rings. The van der Waals surface area contributed by atoms with E-state index in [0.29, 0.717) is 10.7 Å². The highest BCUT2D eigenvalue weighted by Crippen LogP contribution is 2.19. The van der Waals surface area contributed by atoms with Crippen LogP contribution in [0.1, 0.15) is 10.4 Å². The molecule has 0 bridgehead atoms. The van der Waals surface area contributed by atoms with Crippen LogP contribution >= 0.6 is 11.6 Å². The van der Waals surface area contributed by atoms with E-state index in [4.69, 9.17) is 17.3 Å². The molecule has 0 unspecified atom stereocenters. The Hall–Kier alpha value is -1.26. The zero-order valence-corrected chi connectivity index (χ0v) is 6.84. The molecule has 0 aromatic heterocycles. The largest absolute Gasteiger partial charge is 0.398 e. The number of anilines is 1. The third-order valence-corrected chi connectivity index (χ3v) is 1.68. The molecule has 4 N–H and O–H groups in total. The van der Waals surface area contributed by atoms with Crippen LogP contribution in [0, 0.1) is 0 Å². The average molecular weight is 187 g/mol. The van der Waals surface area contributed by atoms with Crippen molar-refractivity contribution < 1.29 is 9.63 Å². The Bertz CT molecular complexity index is 314. The summed E-state index contributed by atoms with van der Waals surface area (Å²) in [5.74, 6) is 4.03. The van der Waals surface area contributed by atoms with Crippen LogP contribution in [0.4, 0.5) is 5.69 Å². The van der Waals surface area contributed by atoms with Gasteiger partial charge in [-0.1, -0.05) is 11.6 Å². The Morgan fingerprint density at radius 1 is 1.50 bits per heavy atom. The van der Waals surface area contributed by atoms with Gasteiger partial charge in [0.2, 0.25) is 0 Å². The van der Waals surface area contributed by atoms with Gasteiger partial charge in [-0.25, -0.2) is 4.79 Å². The zero-order chi connectivity index (χ0) is 9.14. The normalized spacial score (nSPS) is 9.50. The summed E-state index contributed by atoms with van der Waals surface area (Å²) >= 11 is 5.62. The summed E-state index contributed by atoms with van der Waals surface area (Å²) < 4.78 is 0. The smallest absolute Gasteiger partial charge is 0.356 e. The van der Waals surface area contributed by atoms with E-state index in [1.54, 1.807) is 0 Å². The Morgan fingerprint density at radius 2 is 2.17 bits per heavy atom. The number of nitrogen functional groups attached to an aromatic ring is 1. The van der Waals surface area contributed by atoms with Crippen LogP contribution in [0.5, 0.6) is 0 Å². The highest BCUT2D eigenvalue weighted by molar-refractivity contribution is 6.33. The molecule has 0 amide bonds. The van der Waals surface area contributed by atoms with E-state index in [2.05, 4.69) is 10.7 Å². The minimum Gasteiger partial charge on any atom is -0.398 e. The van der Waals surface area contributed by atoms with Gasteiger partial charge in [0.15, 0.2) is 0 Å². The molecule has 0 heterocycles. The molecule has 0 saturated heterocycles. The minimum absolute atomic E-state index is 0.277. The molecule has 5 heteroatoms. The Morgan fingerprint density at radius 3 is 2.67 bits per heavy atom. The summed E-state index contributed by atoms with van der Waals surface area (Å²) in [5, 5.41) is 0.392. The molecule has 0 atom stereocenters. The second-order valence-electron chi connectivity index (χ2n) is 2.14. The summed E-state index contributed by atoms with van der Waals surface area (Å²) in [6.07, 6.45) is 0. The third kappa shape index (κ3) is 1.66. The number of hydrogen-bond acceptors (Lipinski definition) is 4. The summed E-state index contributed by atoms with van der Waals surface area (Å²) in [7, 11) is 0. The lowest BCUT2D eigenvalue weighted by atomic mass is 10.2. The van der Waals surface area contributed by atoms with Crippen molar-refractivity contribution in [1.29, 1.82) is 0 Å². The molecule has 0 radical (unpaired) electrons. The van der Waals surface area contributed by atoms with Gasteiger partial charge < -0.3 is 10.6 Å². The van der Waals surface area contributed by atoms with E-state index in [9.17, 15) is 4.79 Å². The zero-order valence-electron chi connectivity index (χ0n) is 6.08. The summed E-state index contributed by atoms with van der Waals surface area (Å²) in [5.41, 5.74) is 6.03. The number of rotatable bonds is 1. The quantitative estimate of drug-likeness (QED) is 0.506. The fraction of sp³-hybridized carbons (Fsp3) is 0. The molecule has 0 saturated carbocycles. The van der Waals surface area contributed by atoms with Crippen molar-refractivity contribution in [3.63, 3.8) is 0 Å². The van der Waals surface area contributed by atoms with E-state index in [-0.39, 0.29) is 5.56 Å². The van der Waals surface area contributed by atoms with Crippen molar-refractivity contribution >= 4 is 23.3 Å². The van der Waals surface area contributed by atoms with Gasteiger partial charge in [0.05, 0.1) is 16.3 Å². The van der Waals surface area contributed by atoms with Gasteiger partial charge in [-0.2, -0.15) is 5.90 Å². The lowest BCUT2D eigenvalue weighted by molar-refractivity contribution is 0.0503. The number of benzene rings is 1. The number of halogens is 1. The molecule has 64 valence electrons. The molecule has 0 fully saturated rings. The lowest BCUT2D eigenvalue weighted by Crippen LogP contribution is -2.10. The van der Waals surface area contributed by atoms with Crippen LogP contribution in [0.3, 0.4) is 0 Å². The maximum Gasteiger partial charge on any atom is 0.356 e. The van der Waals surface area contributed by atoms with Crippen LogP contribution in [0.2, 0.25) is 5.02 Å². The van der Waals surface area contributed by atoms with Crippen molar-refractivity contribution in [3.05, 3.63) is 28.8 Å². The van der Waals surface area contributed by atoms with E-state index >= 15 is 0 Å². The summed E-state index contributed by atoms with van der Waals surface area (Å²) in [6, 6.07) is 4.38. The monoisotopic (exact) mass is 186 g/mol. The van der Waals surface area contributed by atoms with Crippen molar-refractivity contribution in [2.75, 3.05) is 5.73 Å². The molecule has 0 aliphatic carbocycles. The van der Waals surface area contributed by atoms with E-state index in [1.165, 1.54) is 18.2 Å². The first-order chi connectivity index (χ1) is 5.65. The van der Waals surface area contributed by atoms with E-state index < -0.39 is 5.97 Å². The van der Waals surface area contributed by atoms with Crippen LogP contribution in [0.15, 0.2) is 18.2 Å². The SMILES string of the molecule is NOC(=O)c1ccc(Cl)c(N)c1. The van der Waals surface area contributed by atoms with E-state index in [1.807, 2.05) is 0 Å². The molecule has 12 heavy (non-hydrogen) atoms. The molecular formula is C7H7ClN2O2. The van der Waals surface area contributed by atoms with Crippen LogP contribution in [-0.2, 0) is 4.84 Å². The molecule has 0 spiro atoms. The molecule has 1 aromatic carbocycles. The highest BCUT2D eigenvalue weighted by Gasteiger charge is 2.06. The Kier molecular flexibility index (Phi) is 2.52.